The van der Waals surface area contributed by atoms with Crippen LogP contribution in [0.25, 0.3) is 0 Å². The molecular weight excluding hydrogens is 162 g/mol. The van der Waals surface area contributed by atoms with E-state index < -0.39 is 0 Å². The highest BCUT2D eigenvalue weighted by Gasteiger charge is 2.20. The standard InChI is InChI=1S/C11H17NO/c1-8-6-5-7-9(13-4)10(8)11(2,3)12/h5-7H,12H2,1-4H3. The van der Waals surface area contributed by atoms with Gasteiger partial charge in [0.1, 0.15) is 5.75 Å². The Bertz CT molecular complexity index is 299. The van der Waals surface area contributed by atoms with Crippen LogP contribution < -0.4 is 10.5 Å². The number of hydrogen-bond acceptors (Lipinski definition) is 2. The van der Waals surface area contributed by atoms with Crippen molar-refractivity contribution >= 4 is 0 Å². The third-order valence-corrected chi connectivity index (χ3v) is 2.10. The molecule has 0 saturated heterocycles. The summed E-state index contributed by atoms with van der Waals surface area (Å²) in [7, 11) is 1.67. The summed E-state index contributed by atoms with van der Waals surface area (Å²) in [6.07, 6.45) is 0. The number of ether oxygens (including phenoxy) is 1. The lowest BCUT2D eigenvalue weighted by Crippen LogP contribution is -2.30. The van der Waals surface area contributed by atoms with Gasteiger partial charge < -0.3 is 10.5 Å². The highest BCUT2D eigenvalue weighted by molar-refractivity contribution is 5.43. The number of benzene rings is 1. The Kier molecular flexibility index (Phi) is 2.62. The second kappa shape index (κ2) is 3.38. The molecular formula is C11H17NO. The molecule has 2 nitrogen and oxygen atoms in total. The quantitative estimate of drug-likeness (QED) is 0.755. The lowest BCUT2D eigenvalue weighted by Gasteiger charge is -2.24. The molecule has 1 aromatic carbocycles. The van der Waals surface area contributed by atoms with E-state index in [1.165, 1.54) is 5.56 Å². The van der Waals surface area contributed by atoms with Crippen molar-refractivity contribution in [2.45, 2.75) is 26.3 Å². The molecule has 0 heterocycles. The van der Waals surface area contributed by atoms with Gasteiger partial charge >= 0.3 is 0 Å². The van der Waals surface area contributed by atoms with Gasteiger partial charge in [0.05, 0.1) is 7.11 Å². The normalized spacial score (nSPS) is 11.5. The first-order chi connectivity index (χ1) is 5.96. The van der Waals surface area contributed by atoms with Crippen LogP contribution in [0.5, 0.6) is 5.75 Å². The van der Waals surface area contributed by atoms with Crippen LogP contribution in [0, 0.1) is 6.92 Å². The zero-order valence-corrected chi connectivity index (χ0v) is 8.72. The van der Waals surface area contributed by atoms with Gasteiger partial charge in [0.15, 0.2) is 0 Å². The molecule has 1 aromatic rings. The predicted molar refractivity (Wildman–Crippen MR) is 54.9 cm³/mol. The number of methoxy groups -OCH3 is 1. The number of rotatable bonds is 2. The van der Waals surface area contributed by atoms with Crippen LogP contribution in [-0.4, -0.2) is 7.11 Å². The first-order valence-electron chi connectivity index (χ1n) is 4.40. The fourth-order valence-corrected chi connectivity index (χ4v) is 1.64. The first-order valence-corrected chi connectivity index (χ1v) is 4.40. The summed E-state index contributed by atoms with van der Waals surface area (Å²) in [5.74, 6) is 0.868. The Labute approximate surface area is 79.7 Å². The minimum absolute atomic E-state index is 0.351. The highest BCUT2D eigenvalue weighted by Crippen LogP contribution is 2.30. The number of aryl methyl sites for hydroxylation is 1. The van der Waals surface area contributed by atoms with Crippen LogP contribution in [0.2, 0.25) is 0 Å². The van der Waals surface area contributed by atoms with Crippen molar-refractivity contribution in [1.29, 1.82) is 0 Å². The molecule has 0 saturated carbocycles. The molecule has 0 aliphatic heterocycles. The molecule has 1 rings (SSSR count). The molecule has 0 radical (unpaired) electrons. The number of hydrogen-bond donors (Lipinski definition) is 1. The molecule has 0 fully saturated rings. The van der Waals surface area contributed by atoms with Crippen LogP contribution >= 0.6 is 0 Å². The van der Waals surface area contributed by atoms with E-state index >= 15 is 0 Å². The van der Waals surface area contributed by atoms with E-state index in [-0.39, 0.29) is 5.54 Å². The smallest absolute Gasteiger partial charge is 0.124 e. The van der Waals surface area contributed by atoms with Crippen molar-refractivity contribution in [2.75, 3.05) is 7.11 Å². The summed E-state index contributed by atoms with van der Waals surface area (Å²) in [4.78, 5) is 0. The first kappa shape index (κ1) is 10.1. The molecule has 0 aliphatic rings. The Morgan fingerprint density at radius 1 is 1.31 bits per heavy atom. The molecule has 0 spiro atoms. The minimum atomic E-state index is -0.351. The summed E-state index contributed by atoms with van der Waals surface area (Å²) in [6.45, 7) is 6.02. The average Bonchev–Trinajstić information content (AvgIpc) is 2.01. The number of nitrogens with two attached hydrogens (primary N) is 1. The van der Waals surface area contributed by atoms with E-state index in [1.807, 2.05) is 39.0 Å². The molecule has 13 heavy (non-hydrogen) atoms. The van der Waals surface area contributed by atoms with Crippen molar-refractivity contribution in [3.8, 4) is 5.75 Å². The second-order valence-corrected chi connectivity index (χ2v) is 3.87. The average molecular weight is 179 g/mol. The molecule has 0 unspecified atom stereocenters. The largest absolute Gasteiger partial charge is 0.496 e. The molecule has 0 aliphatic carbocycles. The van der Waals surface area contributed by atoms with Crippen molar-refractivity contribution in [2.24, 2.45) is 5.73 Å². The fraction of sp³-hybridized carbons (Fsp3) is 0.455. The Hall–Kier alpha value is -1.02. The van der Waals surface area contributed by atoms with Gasteiger partial charge in [-0.05, 0) is 32.4 Å². The highest BCUT2D eigenvalue weighted by atomic mass is 16.5. The molecule has 2 heteroatoms. The van der Waals surface area contributed by atoms with Crippen LogP contribution in [0.15, 0.2) is 18.2 Å². The van der Waals surface area contributed by atoms with Gasteiger partial charge in [-0.15, -0.1) is 0 Å². The van der Waals surface area contributed by atoms with Crippen molar-refractivity contribution in [3.05, 3.63) is 29.3 Å². The van der Waals surface area contributed by atoms with E-state index in [4.69, 9.17) is 10.5 Å². The Morgan fingerprint density at radius 3 is 2.31 bits per heavy atom. The van der Waals surface area contributed by atoms with Crippen LogP contribution in [0.4, 0.5) is 0 Å². The van der Waals surface area contributed by atoms with Gasteiger partial charge in [-0.25, -0.2) is 0 Å². The van der Waals surface area contributed by atoms with Crippen LogP contribution in [0.1, 0.15) is 25.0 Å². The van der Waals surface area contributed by atoms with Gasteiger partial charge in [-0.2, -0.15) is 0 Å². The summed E-state index contributed by atoms with van der Waals surface area (Å²) < 4.78 is 5.27. The van der Waals surface area contributed by atoms with Crippen molar-refractivity contribution < 1.29 is 4.74 Å². The fourth-order valence-electron chi connectivity index (χ4n) is 1.64. The summed E-state index contributed by atoms with van der Waals surface area (Å²) in [5.41, 5.74) is 7.96. The molecule has 0 aromatic heterocycles. The third kappa shape index (κ3) is 2.01. The third-order valence-electron chi connectivity index (χ3n) is 2.10. The van der Waals surface area contributed by atoms with Gasteiger partial charge in [0, 0.05) is 11.1 Å². The van der Waals surface area contributed by atoms with Crippen molar-refractivity contribution in [3.63, 3.8) is 0 Å². The molecule has 0 amide bonds. The van der Waals surface area contributed by atoms with E-state index in [2.05, 4.69) is 0 Å². The zero-order valence-electron chi connectivity index (χ0n) is 8.72. The van der Waals surface area contributed by atoms with Crippen LogP contribution in [-0.2, 0) is 5.54 Å². The van der Waals surface area contributed by atoms with Gasteiger partial charge in [0.2, 0.25) is 0 Å². The van der Waals surface area contributed by atoms with Crippen LogP contribution in [0.3, 0.4) is 0 Å². The summed E-state index contributed by atoms with van der Waals surface area (Å²) in [6, 6.07) is 5.97. The SMILES string of the molecule is COc1cccc(C)c1C(C)(C)N. The Balaban J connectivity index is 3.32. The molecule has 2 N–H and O–H groups in total. The lowest BCUT2D eigenvalue weighted by molar-refractivity contribution is 0.393. The van der Waals surface area contributed by atoms with Gasteiger partial charge in [-0.1, -0.05) is 12.1 Å². The summed E-state index contributed by atoms with van der Waals surface area (Å²) in [5, 5.41) is 0. The van der Waals surface area contributed by atoms with E-state index in [0.29, 0.717) is 0 Å². The zero-order chi connectivity index (χ0) is 10.1. The van der Waals surface area contributed by atoms with E-state index in [1.54, 1.807) is 7.11 Å². The topological polar surface area (TPSA) is 35.2 Å². The van der Waals surface area contributed by atoms with E-state index in [0.717, 1.165) is 11.3 Å². The lowest BCUT2D eigenvalue weighted by atomic mass is 9.90. The second-order valence-electron chi connectivity index (χ2n) is 3.87. The van der Waals surface area contributed by atoms with E-state index in [9.17, 15) is 0 Å². The maximum atomic E-state index is 6.05. The van der Waals surface area contributed by atoms with Crippen molar-refractivity contribution in [1.82, 2.24) is 0 Å². The molecule has 0 atom stereocenters. The van der Waals surface area contributed by atoms with Gasteiger partial charge in [-0.3, -0.25) is 0 Å². The molecule has 72 valence electrons. The van der Waals surface area contributed by atoms with Gasteiger partial charge in [0.25, 0.3) is 0 Å². The minimum Gasteiger partial charge on any atom is -0.496 e. The predicted octanol–water partition coefficient (Wildman–Crippen LogP) is 2.20. The monoisotopic (exact) mass is 179 g/mol. The molecule has 0 bridgehead atoms. The maximum Gasteiger partial charge on any atom is 0.124 e. The maximum absolute atomic E-state index is 6.05. The summed E-state index contributed by atoms with van der Waals surface area (Å²) >= 11 is 0. The Morgan fingerprint density at radius 2 is 1.92 bits per heavy atom.